The standard InChI is InChI=1S/C57H105NO5/c1-4-7-10-13-16-19-22-25-27-29-31-33-36-39-42-45-48-53(63-57(62)50-47-44-41-38-35-32-28-26-23-20-17-14-11-8-5-2)51-56(61)58-54(52-59)55(60)49-46-43-40-37-34-30-24-21-18-15-12-9-6-3/h16,19,22,25,27,29,31,33,53-55,59-60H,4-15,17-18,20-21,23-24,26,28,30,32,34-52H2,1-3H3,(H,58,61)/b19-16+,25-22+,29-27+,33-31+. The number of amides is 1. The van der Waals surface area contributed by atoms with E-state index in [9.17, 15) is 19.8 Å². The first-order valence-corrected chi connectivity index (χ1v) is 27.4. The van der Waals surface area contributed by atoms with Crippen molar-refractivity contribution in [2.24, 2.45) is 0 Å². The lowest BCUT2D eigenvalue weighted by atomic mass is 10.0. The number of carbonyl (C=O) groups excluding carboxylic acids is 2. The first kappa shape index (κ1) is 60.8. The summed E-state index contributed by atoms with van der Waals surface area (Å²) in [4.78, 5) is 26.2. The van der Waals surface area contributed by atoms with Gasteiger partial charge >= 0.3 is 5.97 Å². The molecule has 0 radical (unpaired) electrons. The summed E-state index contributed by atoms with van der Waals surface area (Å²) in [6.45, 7) is 6.45. The van der Waals surface area contributed by atoms with Crippen LogP contribution >= 0.6 is 0 Å². The number of nitrogens with one attached hydrogen (secondary N) is 1. The molecule has 0 saturated heterocycles. The van der Waals surface area contributed by atoms with E-state index in [0.717, 1.165) is 70.6 Å². The minimum Gasteiger partial charge on any atom is -0.462 e. The Bertz CT molecular complexity index is 1080. The summed E-state index contributed by atoms with van der Waals surface area (Å²) in [6.07, 6.45) is 61.7. The van der Waals surface area contributed by atoms with E-state index in [2.05, 4.69) is 74.7 Å². The highest BCUT2D eigenvalue weighted by Gasteiger charge is 2.24. The number of aliphatic hydroxyl groups is 2. The fourth-order valence-corrected chi connectivity index (χ4v) is 8.33. The summed E-state index contributed by atoms with van der Waals surface area (Å²) >= 11 is 0. The largest absolute Gasteiger partial charge is 0.462 e. The molecule has 0 fully saturated rings. The molecule has 0 saturated carbocycles. The van der Waals surface area contributed by atoms with Crippen molar-refractivity contribution < 1.29 is 24.5 Å². The van der Waals surface area contributed by atoms with Crippen molar-refractivity contribution in [2.75, 3.05) is 6.61 Å². The molecule has 1 amide bonds. The molecule has 0 aliphatic carbocycles. The number of esters is 1. The maximum absolute atomic E-state index is 13.2. The van der Waals surface area contributed by atoms with Crippen molar-refractivity contribution in [2.45, 2.75) is 296 Å². The molecule has 6 heteroatoms. The van der Waals surface area contributed by atoms with Gasteiger partial charge in [0.1, 0.15) is 6.10 Å². The molecule has 0 aliphatic heterocycles. The number of aliphatic hydroxyl groups excluding tert-OH is 2. The lowest BCUT2D eigenvalue weighted by Gasteiger charge is -2.24. The van der Waals surface area contributed by atoms with Crippen LogP contribution in [-0.4, -0.2) is 46.9 Å². The maximum atomic E-state index is 13.2. The van der Waals surface area contributed by atoms with Crippen molar-refractivity contribution in [3.63, 3.8) is 0 Å². The molecule has 6 nitrogen and oxygen atoms in total. The van der Waals surface area contributed by atoms with E-state index < -0.39 is 18.2 Å². The van der Waals surface area contributed by atoms with Crippen molar-refractivity contribution >= 4 is 11.9 Å². The Labute approximate surface area is 391 Å². The average Bonchev–Trinajstić information content (AvgIpc) is 3.28. The summed E-state index contributed by atoms with van der Waals surface area (Å²) < 4.78 is 5.93. The second-order valence-electron chi connectivity index (χ2n) is 18.7. The molecule has 63 heavy (non-hydrogen) atoms. The lowest BCUT2D eigenvalue weighted by molar-refractivity contribution is -0.151. The van der Waals surface area contributed by atoms with Gasteiger partial charge in [-0.1, -0.05) is 262 Å². The van der Waals surface area contributed by atoms with E-state index in [1.807, 2.05) is 0 Å². The Hall–Kier alpha value is -2.18. The second-order valence-corrected chi connectivity index (χ2v) is 18.7. The van der Waals surface area contributed by atoms with E-state index in [-0.39, 0.29) is 24.9 Å². The molecular formula is C57H105NO5. The topological polar surface area (TPSA) is 95.9 Å². The van der Waals surface area contributed by atoms with E-state index in [4.69, 9.17) is 4.74 Å². The highest BCUT2D eigenvalue weighted by atomic mass is 16.5. The molecule has 0 aromatic heterocycles. The molecule has 0 bridgehead atoms. The van der Waals surface area contributed by atoms with E-state index in [1.165, 1.54) is 161 Å². The number of unbranched alkanes of at least 4 members (excludes halogenated alkanes) is 32. The number of hydrogen-bond donors (Lipinski definition) is 3. The van der Waals surface area contributed by atoms with Crippen LogP contribution in [0.15, 0.2) is 48.6 Å². The fourth-order valence-electron chi connectivity index (χ4n) is 8.33. The normalized spacial score (nSPS) is 13.5. The first-order valence-electron chi connectivity index (χ1n) is 27.4. The molecule has 368 valence electrons. The van der Waals surface area contributed by atoms with Crippen LogP contribution in [0.1, 0.15) is 278 Å². The predicted molar refractivity (Wildman–Crippen MR) is 273 cm³/mol. The fraction of sp³-hybridized carbons (Fsp3) is 0.825. The number of ether oxygens (including phenoxy) is 1. The number of allylic oxidation sites excluding steroid dienone is 8. The zero-order valence-electron chi connectivity index (χ0n) is 42.0. The number of carbonyl (C=O) groups is 2. The summed E-state index contributed by atoms with van der Waals surface area (Å²) in [7, 11) is 0. The van der Waals surface area contributed by atoms with Gasteiger partial charge < -0.3 is 20.3 Å². The van der Waals surface area contributed by atoms with E-state index in [1.54, 1.807) is 0 Å². The van der Waals surface area contributed by atoms with Crippen molar-refractivity contribution in [1.82, 2.24) is 5.32 Å². The van der Waals surface area contributed by atoms with Crippen LogP contribution in [-0.2, 0) is 14.3 Å². The third-order valence-corrected chi connectivity index (χ3v) is 12.5. The smallest absolute Gasteiger partial charge is 0.306 e. The Morgan fingerprint density at radius 3 is 1.25 bits per heavy atom. The molecule has 3 unspecified atom stereocenters. The summed E-state index contributed by atoms with van der Waals surface area (Å²) in [6, 6.07) is -0.713. The van der Waals surface area contributed by atoms with Gasteiger partial charge in [-0.3, -0.25) is 9.59 Å². The maximum Gasteiger partial charge on any atom is 0.306 e. The molecule has 0 rings (SSSR count). The van der Waals surface area contributed by atoms with Gasteiger partial charge in [0, 0.05) is 6.42 Å². The van der Waals surface area contributed by atoms with Crippen LogP contribution in [0.2, 0.25) is 0 Å². The van der Waals surface area contributed by atoms with Gasteiger partial charge in [0.2, 0.25) is 5.91 Å². The average molecular weight is 884 g/mol. The Balaban J connectivity index is 4.64. The van der Waals surface area contributed by atoms with Gasteiger partial charge in [0.15, 0.2) is 0 Å². The van der Waals surface area contributed by atoms with Crippen LogP contribution < -0.4 is 5.32 Å². The van der Waals surface area contributed by atoms with Crippen LogP contribution in [0.25, 0.3) is 0 Å². The zero-order valence-corrected chi connectivity index (χ0v) is 42.0. The first-order chi connectivity index (χ1) is 31.0. The van der Waals surface area contributed by atoms with Gasteiger partial charge in [0.25, 0.3) is 0 Å². The quantitative estimate of drug-likeness (QED) is 0.0321. The highest BCUT2D eigenvalue weighted by molar-refractivity contribution is 5.77. The molecule has 3 atom stereocenters. The van der Waals surface area contributed by atoms with Crippen LogP contribution in [0.4, 0.5) is 0 Å². The Morgan fingerprint density at radius 2 is 0.810 bits per heavy atom. The molecule has 0 spiro atoms. The summed E-state index contributed by atoms with van der Waals surface area (Å²) in [5.74, 6) is -0.501. The van der Waals surface area contributed by atoms with E-state index >= 15 is 0 Å². The summed E-state index contributed by atoms with van der Waals surface area (Å²) in [5.41, 5.74) is 0. The molecule has 3 N–H and O–H groups in total. The van der Waals surface area contributed by atoms with Crippen LogP contribution in [0.3, 0.4) is 0 Å². The predicted octanol–water partition coefficient (Wildman–Crippen LogP) is 16.6. The van der Waals surface area contributed by atoms with Crippen molar-refractivity contribution in [3.8, 4) is 0 Å². The zero-order chi connectivity index (χ0) is 45.9. The second kappa shape index (κ2) is 50.8. The van der Waals surface area contributed by atoms with Crippen LogP contribution in [0, 0.1) is 0 Å². The van der Waals surface area contributed by atoms with Gasteiger partial charge in [-0.15, -0.1) is 0 Å². The SMILES string of the molecule is CCCCC/C=C/C=C/C=C/C=C/CCCCCC(CC(=O)NC(CO)C(O)CCCCCCCCCCCCCCC)OC(=O)CCCCCCCCCCCCCCCCC. The molecule has 0 aromatic rings. The van der Waals surface area contributed by atoms with Gasteiger partial charge in [-0.2, -0.15) is 0 Å². The van der Waals surface area contributed by atoms with E-state index in [0.29, 0.717) is 19.3 Å². The van der Waals surface area contributed by atoms with Gasteiger partial charge in [-0.05, 0) is 51.4 Å². The minimum absolute atomic E-state index is 0.0543. The van der Waals surface area contributed by atoms with Gasteiger partial charge in [-0.25, -0.2) is 0 Å². The third-order valence-electron chi connectivity index (χ3n) is 12.5. The Morgan fingerprint density at radius 1 is 0.460 bits per heavy atom. The molecular weight excluding hydrogens is 779 g/mol. The molecule has 0 aromatic carbocycles. The highest BCUT2D eigenvalue weighted by Crippen LogP contribution is 2.18. The Kier molecular flexibility index (Phi) is 49.1. The molecule has 0 aliphatic rings. The third kappa shape index (κ3) is 46.2. The lowest BCUT2D eigenvalue weighted by Crippen LogP contribution is -2.46. The number of hydrogen-bond acceptors (Lipinski definition) is 5. The van der Waals surface area contributed by atoms with Gasteiger partial charge in [0.05, 0.1) is 25.2 Å². The van der Waals surface area contributed by atoms with Crippen molar-refractivity contribution in [3.05, 3.63) is 48.6 Å². The van der Waals surface area contributed by atoms with Crippen molar-refractivity contribution in [1.29, 1.82) is 0 Å². The summed E-state index contributed by atoms with van der Waals surface area (Å²) in [5, 5.41) is 23.8. The van der Waals surface area contributed by atoms with Crippen LogP contribution in [0.5, 0.6) is 0 Å². The molecule has 0 heterocycles. The monoisotopic (exact) mass is 884 g/mol. The number of rotatable bonds is 49. The minimum atomic E-state index is -0.797.